The molecule has 0 bridgehead atoms. The van der Waals surface area contributed by atoms with Gasteiger partial charge in [-0.3, -0.25) is 14.7 Å². The number of benzene rings is 1. The molecule has 1 aromatic carbocycles. The van der Waals surface area contributed by atoms with Gasteiger partial charge in [0.2, 0.25) is 0 Å². The van der Waals surface area contributed by atoms with Gasteiger partial charge in [0.1, 0.15) is 11.9 Å². The zero-order chi connectivity index (χ0) is 26.6. The lowest BCUT2D eigenvalue weighted by atomic mass is 9.87. The van der Waals surface area contributed by atoms with Crippen LogP contribution in [0.15, 0.2) is 30.5 Å². The first-order valence-electron chi connectivity index (χ1n) is 14.3. The number of carboxylic acids is 1. The first-order chi connectivity index (χ1) is 18.4. The van der Waals surface area contributed by atoms with E-state index in [-0.39, 0.29) is 11.7 Å². The van der Waals surface area contributed by atoms with Crippen LogP contribution in [-0.4, -0.2) is 69.6 Å². The molecule has 0 radical (unpaired) electrons. The Morgan fingerprint density at radius 3 is 2.66 bits per heavy atom. The molecule has 2 aliphatic heterocycles. The van der Waals surface area contributed by atoms with Crippen molar-refractivity contribution in [2.45, 2.75) is 70.3 Å². The lowest BCUT2D eigenvalue weighted by Crippen LogP contribution is -2.41. The average Bonchev–Trinajstić information content (AvgIpc) is 3.62. The summed E-state index contributed by atoms with van der Waals surface area (Å²) in [6.45, 7) is 6.42. The highest BCUT2D eigenvalue weighted by Gasteiger charge is 2.42. The highest BCUT2D eigenvalue weighted by Crippen LogP contribution is 2.39. The number of carboxylic acid groups (broad SMARTS) is 1. The molecule has 1 aliphatic carbocycles. The van der Waals surface area contributed by atoms with E-state index in [0.717, 1.165) is 75.2 Å². The second-order valence-electron chi connectivity index (χ2n) is 11.8. The van der Waals surface area contributed by atoms with Crippen LogP contribution in [-0.2, 0) is 11.2 Å². The van der Waals surface area contributed by atoms with Gasteiger partial charge in [0.15, 0.2) is 5.15 Å². The molecule has 0 spiro atoms. The standard InChI is InChI=1S/C30H40ClFN4O2/c1-20-16-33-27(29(31)34-20)7-2-4-21-10-12-35(13-11-21)17-24-18-36(28(30(37)38)14-22-8-9-22)19-26(24)23-5-3-6-25(32)15-23/h3,5-6,15-16,21-22,24,26,28H,2,4,7-14,17-19H2,1H3,(H,37,38). The van der Waals surface area contributed by atoms with Gasteiger partial charge in [0.05, 0.1) is 11.4 Å². The molecule has 3 fully saturated rings. The van der Waals surface area contributed by atoms with Crippen LogP contribution >= 0.6 is 11.6 Å². The monoisotopic (exact) mass is 542 g/mol. The number of rotatable bonds is 11. The van der Waals surface area contributed by atoms with Gasteiger partial charge in [-0.25, -0.2) is 9.37 Å². The van der Waals surface area contributed by atoms with Crippen molar-refractivity contribution in [3.63, 3.8) is 0 Å². The average molecular weight is 543 g/mol. The number of aryl methyl sites for hydroxylation is 2. The van der Waals surface area contributed by atoms with Crippen LogP contribution in [0.3, 0.4) is 0 Å². The molecule has 3 unspecified atom stereocenters. The van der Waals surface area contributed by atoms with Crippen LogP contribution in [0.25, 0.3) is 0 Å². The summed E-state index contributed by atoms with van der Waals surface area (Å²) in [4.78, 5) is 25.6. The Labute approximate surface area is 230 Å². The molecule has 5 rings (SSSR count). The largest absolute Gasteiger partial charge is 0.480 e. The Morgan fingerprint density at radius 2 is 1.97 bits per heavy atom. The minimum atomic E-state index is -0.714. The lowest BCUT2D eigenvalue weighted by molar-refractivity contribution is -0.143. The predicted molar refractivity (Wildman–Crippen MR) is 147 cm³/mol. The van der Waals surface area contributed by atoms with E-state index in [0.29, 0.717) is 29.5 Å². The molecule has 8 heteroatoms. The molecule has 1 aromatic heterocycles. The third kappa shape index (κ3) is 7.10. The van der Waals surface area contributed by atoms with Gasteiger partial charge < -0.3 is 10.0 Å². The van der Waals surface area contributed by atoms with Gasteiger partial charge in [-0.2, -0.15) is 0 Å². The molecule has 38 heavy (non-hydrogen) atoms. The molecular weight excluding hydrogens is 503 g/mol. The van der Waals surface area contributed by atoms with Crippen molar-refractivity contribution in [3.05, 3.63) is 58.4 Å². The van der Waals surface area contributed by atoms with Crippen molar-refractivity contribution >= 4 is 17.6 Å². The van der Waals surface area contributed by atoms with Crippen molar-refractivity contribution in [3.8, 4) is 0 Å². The molecule has 2 saturated heterocycles. The van der Waals surface area contributed by atoms with E-state index in [1.165, 1.54) is 25.3 Å². The highest BCUT2D eigenvalue weighted by atomic mass is 35.5. The molecule has 6 nitrogen and oxygen atoms in total. The number of hydrogen-bond acceptors (Lipinski definition) is 5. The summed E-state index contributed by atoms with van der Waals surface area (Å²) in [6.07, 6.45) is 10.3. The molecule has 3 atom stereocenters. The summed E-state index contributed by atoms with van der Waals surface area (Å²) in [5.74, 6) is 0.787. The summed E-state index contributed by atoms with van der Waals surface area (Å²) >= 11 is 6.25. The van der Waals surface area contributed by atoms with Crippen LogP contribution in [0.5, 0.6) is 0 Å². The van der Waals surface area contributed by atoms with Crippen LogP contribution < -0.4 is 0 Å². The minimum Gasteiger partial charge on any atom is -0.480 e. The van der Waals surface area contributed by atoms with E-state index in [1.54, 1.807) is 18.3 Å². The number of nitrogens with zero attached hydrogens (tertiary/aromatic N) is 4. The molecule has 2 aromatic rings. The van der Waals surface area contributed by atoms with Crippen molar-refractivity contribution in [2.24, 2.45) is 17.8 Å². The maximum atomic E-state index is 14.1. The first-order valence-corrected chi connectivity index (χ1v) is 14.7. The zero-order valence-corrected chi connectivity index (χ0v) is 23.1. The van der Waals surface area contributed by atoms with Gasteiger partial charge >= 0.3 is 5.97 Å². The number of carbonyl (C=O) groups is 1. The third-order valence-electron chi connectivity index (χ3n) is 8.87. The van der Waals surface area contributed by atoms with E-state index in [4.69, 9.17) is 11.6 Å². The Bertz CT molecular complexity index is 1110. The quantitative estimate of drug-likeness (QED) is 0.400. The molecule has 1 saturated carbocycles. The summed E-state index contributed by atoms with van der Waals surface area (Å²) < 4.78 is 14.1. The molecular formula is C30H40ClFN4O2. The first kappa shape index (κ1) is 27.5. The Kier molecular flexibility index (Phi) is 8.96. The molecule has 3 heterocycles. The number of likely N-dealkylation sites (tertiary alicyclic amines) is 2. The molecule has 1 N–H and O–H groups in total. The SMILES string of the molecule is Cc1cnc(CCCC2CCN(CC3CN(C(CC4CC4)C(=O)O)CC3c3cccc(F)c3)CC2)c(Cl)n1. The lowest BCUT2D eigenvalue weighted by Gasteiger charge is -2.35. The van der Waals surface area contributed by atoms with E-state index in [1.807, 2.05) is 13.0 Å². The second kappa shape index (κ2) is 12.4. The van der Waals surface area contributed by atoms with Crippen molar-refractivity contribution in [2.75, 3.05) is 32.7 Å². The van der Waals surface area contributed by atoms with Crippen LogP contribution in [0.2, 0.25) is 5.15 Å². The molecule has 0 amide bonds. The number of piperidine rings is 1. The van der Waals surface area contributed by atoms with E-state index in [2.05, 4.69) is 19.8 Å². The normalized spacial score (nSPS) is 24.1. The van der Waals surface area contributed by atoms with E-state index >= 15 is 0 Å². The number of hydrogen-bond donors (Lipinski definition) is 1. The fraction of sp³-hybridized carbons (Fsp3) is 0.633. The summed E-state index contributed by atoms with van der Waals surface area (Å²) in [5.41, 5.74) is 2.74. The second-order valence-corrected chi connectivity index (χ2v) is 12.2. The van der Waals surface area contributed by atoms with Crippen LogP contribution in [0.1, 0.15) is 67.8 Å². The smallest absolute Gasteiger partial charge is 0.320 e. The summed E-state index contributed by atoms with van der Waals surface area (Å²) in [5, 5.41) is 10.5. The van der Waals surface area contributed by atoms with Crippen LogP contribution in [0.4, 0.5) is 4.39 Å². The topological polar surface area (TPSA) is 69.6 Å². The summed E-state index contributed by atoms with van der Waals surface area (Å²) in [7, 11) is 0. The maximum absolute atomic E-state index is 14.1. The van der Waals surface area contributed by atoms with Crippen LogP contribution in [0, 0.1) is 30.5 Å². The number of aliphatic carboxylic acids is 1. The maximum Gasteiger partial charge on any atom is 0.320 e. The Balaban J connectivity index is 1.16. The Hall–Kier alpha value is -2.09. The van der Waals surface area contributed by atoms with E-state index in [9.17, 15) is 14.3 Å². The van der Waals surface area contributed by atoms with Gasteiger partial charge in [-0.05, 0) is 94.0 Å². The van der Waals surface area contributed by atoms with Crippen molar-refractivity contribution in [1.82, 2.24) is 19.8 Å². The molecule has 3 aliphatic rings. The zero-order valence-electron chi connectivity index (χ0n) is 22.4. The Morgan fingerprint density at radius 1 is 1.18 bits per heavy atom. The minimum absolute atomic E-state index is 0.157. The van der Waals surface area contributed by atoms with Gasteiger partial charge in [-0.1, -0.05) is 36.6 Å². The fourth-order valence-corrected chi connectivity index (χ4v) is 6.80. The van der Waals surface area contributed by atoms with Gasteiger partial charge in [0, 0.05) is 31.7 Å². The van der Waals surface area contributed by atoms with Gasteiger partial charge in [0.25, 0.3) is 0 Å². The highest BCUT2D eigenvalue weighted by molar-refractivity contribution is 6.30. The molecule has 206 valence electrons. The van der Waals surface area contributed by atoms with Crippen molar-refractivity contribution in [1.29, 1.82) is 0 Å². The number of aromatic nitrogens is 2. The fourth-order valence-electron chi connectivity index (χ4n) is 6.52. The predicted octanol–water partition coefficient (Wildman–Crippen LogP) is 5.58. The van der Waals surface area contributed by atoms with Crippen molar-refractivity contribution < 1.29 is 14.3 Å². The van der Waals surface area contributed by atoms with E-state index < -0.39 is 12.0 Å². The number of halogens is 2. The summed E-state index contributed by atoms with van der Waals surface area (Å²) in [6, 6.07) is 6.50. The third-order valence-corrected chi connectivity index (χ3v) is 9.17. The van der Waals surface area contributed by atoms with Gasteiger partial charge in [-0.15, -0.1) is 0 Å².